The van der Waals surface area contributed by atoms with Crippen LogP contribution in [-0.2, 0) is 21.3 Å². The molecule has 5 heteroatoms. The molecule has 0 spiro atoms. The number of hydrogen-bond donors (Lipinski definition) is 0. The van der Waals surface area contributed by atoms with E-state index >= 15 is 0 Å². The van der Waals surface area contributed by atoms with E-state index in [1.807, 2.05) is 48.5 Å². The third kappa shape index (κ3) is 3.82. The summed E-state index contributed by atoms with van der Waals surface area (Å²) in [4.78, 5) is 0. The maximum Gasteiger partial charge on any atom is 0.158 e. The Kier molecular flexibility index (Phi) is 4.76. The lowest BCUT2D eigenvalue weighted by molar-refractivity contribution is 0.594. The number of sulfone groups is 1. The van der Waals surface area contributed by atoms with Gasteiger partial charge in [-0.15, -0.1) is 0 Å². The van der Waals surface area contributed by atoms with Gasteiger partial charge in [-0.05, 0) is 56.9 Å². The molecule has 140 valence electrons. The highest BCUT2D eigenvalue weighted by molar-refractivity contribution is 7.89. The second kappa shape index (κ2) is 7.39. The van der Waals surface area contributed by atoms with Gasteiger partial charge in [-0.1, -0.05) is 48.5 Å². The van der Waals surface area contributed by atoms with Crippen LogP contribution in [0.4, 0.5) is 0 Å². The molecular weight excluding hydrogens is 380 g/mol. The van der Waals surface area contributed by atoms with Crippen LogP contribution in [0.25, 0.3) is 21.5 Å². The van der Waals surface area contributed by atoms with Crippen molar-refractivity contribution in [3.63, 3.8) is 0 Å². The van der Waals surface area contributed by atoms with Gasteiger partial charge in [0.25, 0.3) is 0 Å². The molecule has 0 aliphatic heterocycles. The maximum atomic E-state index is 13.0. The molecule has 0 heterocycles. The molecule has 4 nitrogen and oxygen atoms in total. The number of nitrogens with zero attached hydrogens (tertiary/aromatic N) is 2. The van der Waals surface area contributed by atoms with E-state index in [2.05, 4.69) is 12.1 Å². The van der Waals surface area contributed by atoms with Crippen LogP contribution in [-0.4, -0.2) is 8.42 Å². The van der Waals surface area contributed by atoms with E-state index in [-0.39, 0.29) is 11.5 Å². The zero-order valence-corrected chi connectivity index (χ0v) is 16.3. The molecule has 0 saturated heterocycles. The zero-order valence-electron chi connectivity index (χ0n) is 15.5. The van der Waals surface area contributed by atoms with Gasteiger partial charge in [0.1, 0.15) is 0 Å². The lowest BCUT2D eigenvalue weighted by Crippen LogP contribution is -2.10. The van der Waals surface area contributed by atoms with Crippen molar-refractivity contribution in [2.45, 2.75) is 11.5 Å². The van der Waals surface area contributed by atoms with Gasteiger partial charge in [-0.2, -0.15) is 10.5 Å². The Balaban J connectivity index is 1.72. The second-order valence-corrected chi connectivity index (χ2v) is 9.03. The Labute approximate surface area is 169 Å². The van der Waals surface area contributed by atoms with Crippen molar-refractivity contribution in [2.24, 2.45) is 0 Å². The monoisotopic (exact) mass is 396 g/mol. The van der Waals surface area contributed by atoms with Crippen molar-refractivity contribution in [3.8, 4) is 12.1 Å². The van der Waals surface area contributed by atoms with E-state index in [0.29, 0.717) is 22.3 Å². The minimum absolute atomic E-state index is 0.252. The minimum atomic E-state index is -3.59. The molecule has 0 aliphatic rings. The van der Waals surface area contributed by atoms with E-state index in [0.717, 1.165) is 21.5 Å². The summed E-state index contributed by atoms with van der Waals surface area (Å²) in [6, 6.07) is 26.2. The molecule has 0 atom stereocenters. The number of fused-ring (bicyclic) bond motifs is 2. The third-order valence-corrected chi connectivity index (χ3v) is 6.44. The van der Waals surface area contributed by atoms with Crippen LogP contribution in [0.5, 0.6) is 0 Å². The Hall–Kier alpha value is -3.67. The molecule has 4 rings (SSSR count). The molecule has 0 unspecified atom stereocenters. The molecule has 0 fully saturated rings. The molecule has 0 bridgehead atoms. The summed E-state index contributed by atoms with van der Waals surface area (Å²) in [7, 11) is -3.59. The lowest BCUT2D eigenvalue weighted by Gasteiger charge is -2.10. The minimum Gasteiger partial charge on any atom is -0.228 e. The van der Waals surface area contributed by atoms with Crippen molar-refractivity contribution in [1.82, 2.24) is 0 Å². The van der Waals surface area contributed by atoms with Crippen LogP contribution in [0.15, 0.2) is 72.8 Å². The van der Waals surface area contributed by atoms with Gasteiger partial charge in [0.05, 0.1) is 34.8 Å². The normalized spacial score (nSPS) is 11.2. The average Bonchev–Trinajstić information content (AvgIpc) is 2.72. The lowest BCUT2D eigenvalue weighted by atomic mass is 10.0. The Morgan fingerprint density at radius 3 is 1.31 bits per heavy atom. The van der Waals surface area contributed by atoms with Crippen LogP contribution in [0.3, 0.4) is 0 Å². The van der Waals surface area contributed by atoms with Crippen LogP contribution < -0.4 is 0 Å². The van der Waals surface area contributed by atoms with E-state index in [4.69, 9.17) is 0 Å². The van der Waals surface area contributed by atoms with Crippen molar-refractivity contribution < 1.29 is 8.42 Å². The Morgan fingerprint density at radius 2 is 0.966 bits per heavy atom. The third-order valence-electron chi connectivity index (χ3n) is 4.93. The summed E-state index contributed by atoms with van der Waals surface area (Å²) in [6.45, 7) is 0. The van der Waals surface area contributed by atoms with Gasteiger partial charge < -0.3 is 0 Å². The molecular formula is C24H16N2O2S. The van der Waals surface area contributed by atoms with Crippen molar-refractivity contribution in [1.29, 1.82) is 10.5 Å². The summed E-state index contributed by atoms with van der Waals surface area (Å²) in [5.74, 6) is -0.503. The fraction of sp³-hybridized carbons (Fsp3) is 0.0833. The van der Waals surface area contributed by atoms with Crippen LogP contribution in [0, 0.1) is 22.7 Å². The standard InChI is InChI=1S/C24H16N2O2S/c25-13-21-9-17-5-1-3-7-19(17)11-23(21)15-29(27,28)16-24-12-20-8-4-2-6-18(20)10-22(24)14-26/h1-12H,15-16H2. The number of nitriles is 2. The Bertz CT molecular complexity index is 1340. The summed E-state index contributed by atoms with van der Waals surface area (Å²) in [5, 5.41) is 22.5. The summed E-state index contributed by atoms with van der Waals surface area (Å²) in [5.41, 5.74) is 1.66. The maximum absolute atomic E-state index is 13.0. The topological polar surface area (TPSA) is 81.7 Å². The summed E-state index contributed by atoms with van der Waals surface area (Å²) in [6.07, 6.45) is 0. The molecule has 29 heavy (non-hydrogen) atoms. The number of hydrogen-bond acceptors (Lipinski definition) is 4. The first-order chi connectivity index (χ1) is 14.0. The van der Waals surface area contributed by atoms with Crippen molar-refractivity contribution in [2.75, 3.05) is 0 Å². The van der Waals surface area contributed by atoms with Crippen LogP contribution >= 0.6 is 0 Å². The van der Waals surface area contributed by atoms with E-state index in [1.165, 1.54) is 0 Å². The molecule has 0 aromatic heterocycles. The molecule has 0 aliphatic carbocycles. The fourth-order valence-electron chi connectivity index (χ4n) is 3.55. The smallest absolute Gasteiger partial charge is 0.158 e. The van der Waals surface area contributed by atoms with E-state index < -0.39 is 9.84 Å². The van der Waals surface area contributed by atoms with E-state index in [9.17, 15) is 18.9 Å². The first-order valence-electron chi connectivity index (χ1n) is 9.03. The predicted molar refractivity (Wildman–Crippen MR) is 114 cm³/mol. The SMILES string of the molecule is N#Cc1cc2ccccc2cc1CS(=O)(=O)Cc1cc2ccccc2cc1C#N. The van der Waals surface area contributed by atoms with Gasteiger partial charge >= 0.3 is 0 Å². The molecule has 0 saturated carbocycles. The second-order valence-electron chi connectivity index (χ2n) is 6.97. The molecule has 0 N–H and O–H groups in total. The van der Waals surface area contributed by atoms with Crippen molar-refractivity contribution >= 4 is 31.4 Å². The van der Waals surface area contributed by atoms with Crippen LogP contribution in [0.1, 0.15) is 22.3 Å². The van der Waals surface area contributed by atoms with Gasteiger partial charge in [-0.25, -0.2) is 8.42 Å². The fourth-order valence-corrected chi connectivity index (χ4v) is 5.07. The van der Waals surface area contributed by atoms with Gasteiger partial charge in [-0.3, -0.25) is 0 Å². The Morgan fingerprint density at radius 1 is 0.621 bits per heavy atom. The van der Waals surface area contributed by atoms with Gasteiger partial charge in [0, 0.05) is 0 Å². The molecule has 4 aromatic carbocycles. The predicted octanol–water partition coefficient (Wildman–Crippen LogP) is 4.85. The summed E-state index contributed by atoms with van der Waals surface area (Å²) < 4.78 is 25.9. The van der Waals surface area contributed by atoms with Crippen LogP contribution in [0.2, 0.25) is 0 Å². The molecule has 4 aromatic rings. The largest absolute Gasteiger partial charge is 0.228 e. The average molecular weight is 396 g/mol. The first kappa shape index (κ1) is 18.7. The zero-order chi connectivity index (χ0) is 20.4. The van der Waals surface area contributed by atoms with E-state index in [1.54, 1.807) is 24.3 Å². The van der Waals surface area contributed by atoms with Gasteiger partial charge in [0.15, 0.2) is 9.84 Å². The molecule has 0 amide bonds. The van der Waals surface area contributed by atoms with Gasteiger partial charge in [0.2, 0.25) is 0 Å². The summed E-state index contributed by atoms with van der Waals surface area (Å²) >= 11 is 0. The van der Waals surface area contributed by atoms with Crippen molar-refractivity contribution in [3.05, 3.63) is 95.1 Å². The highest BCUT2D eigenvalue weighted by atomic mass is 32.2. The molecule has 0 radical (unpaired) electrons. The number of benzene rings is 4. The highest BCUT2D eigenvalue weighted by Gasteiger charge is 2.19. The highest BCUT2D eigenvalue weighted by Crippen LogP contribution is 2.25. The first-order valence-corrected chi connectivity index (χ1v) is 10.9. The number of rotatable bonds is 4. The quantitative estimate of drug-likeness (QED) is 0.494.